The largest absolute Gasteiger partial charge is 0.345 e. The van der Waals surface area contributed by atoms with E-state index in [0.29, 0.717) is 32.5 Å². The third-order valence-corrected chi connectivity index (χ3v) is 20.2. The average Bonchev–Trinajstić information content (AvgIpc) is 3.70. The van der Waals surface area contributed by atoms with Gasteiger partial charge in [0.2, 0.25) is 17.7 Å². The fraction of sp³-hybridized carbons (Fsp3) is 0.857. The van der Waals surface area contributed by atoms with Crippen LogP contribution in [0.1, 0.15) is 169 Å². The van der Waals surface area contributed by atoms with Crippen molar-refractivity contribution in [3.05, 3.63) is 12.7 Å². The highest BCUT2D eigenvalue weighted by atomic mass is 32.2. The van der Waals surface area contributed by atoms with Crippen LogP contribution in [0.2, 0.25) is 0 Å². The van der Waals surface area contributed by atoms with Crippen LogP contribution in [0.15, 0.2) is 12.7 Å². The summed E-state index contributed by atoms with van der Waals surface area (Å²) >= 11 is 0. The fourth-order valence-electron chi connectivity index (χ4n) is 14.5. The minimum atomic E-state index is -4.06. The van der Waals surface area contributed by atoms with E-state index in [1.807, 2.05) is 4.90 Å². The van der Waals surface area contributed by atoms with Gasteiger partial charge in [0.05, 0.1) is 23.5 Å². The fourth-order valence-corrected chi connectivity index (χ4v) is 15.8. The second-order valence-electron chi connectivity index (χ2n) is 22.1. The van der Waals surface area contributed by atoms with Crippen LogP contribution in [0.4, 0.5) is 0 Å². The first-order valence-electron chi connectivity index (χ1n) is 24.9. The number of hydrogen-bond acceptors (Lipinski definition) is 8. The molecule has 8 rings (SSSR count). The van der Waals surface area contributed by atoms with Gasteiger partial charge in [-0.1, -0.05) is 71.3 Å². The summed E-state index contributed by atoms with van der Waals surface area (Å²) in [7, 11) is -4.06. The number of piperidine rings is 1. The summed E-state index contributed by atoms with van der Waals surface area (Å²) in [5, 5.41) is 3.33. The van der Waals surface area contributed by atoms with Crippen molar-refractivity contribution in [2.45, 2.75) is 193 Å². The van der Waals surface area contributed by atoms with Gasteiger partial charge in [-0.2, -0.15) is 12.7 Å². The monoisotopic (exact) mass is 880 g/mol. The van der Waals surface area contributed by atoms with Crippen LogP contribution < -0.4 is 10.0 Å². The zero-order valence-electron chi connectivity index (χ0n) is 38.4. The molecule has 8 fully saturated rings. The van der Waals surface area contributed by atoms with Crippen molar-refractivity contribution >= 4 is 39.5 Å². The van der Waals surface area contributed by atoms with E-state index >= 15 is 14.4 Å². The van der Waals surface area contributed by atoms with E-state index in [9.17, 15) is 18.0 Å². The number of nitrogens with zero attached hydrogens (tertiary/aromatic N) is 3. The molecule has 0 aromatic rings. The maximum absolute atomic E-state index is 15.6. The summed E-state index contributed by atoms with van der Waals surface area (Å²) in [6.45, 7) is 14.8. The first-order chi connectivity index (χ1) is 29.5. The molecule has 12 nitrogen and oxygen atoms in total. The summed E-state index contributed by atoms with van der Waals surface area (Å²) in [6.07, 6.45) is 19.6. The molecule has 0 unspecified atom stereocenters. The molecule has 3 amide bonds. The Labute approximate surface area is 372 Å². The predicted molar refractivity (Wildman–Crippen MR) is 239 cm³/mol. The highest BCUT2D eigenvalue weighted by Gasteiger charge is 2.85. The van der Waals surface area contributed by atoms with Gasteiger partial charge in [-0.25, -0.2) is 4.72 Å². The van der Waals surface area contributed by atoms with Crippen LogP contribution in [0.3, 0.4) is 0 Å². The van der Waals surface area contributed by atoms with Crippen molar-refractivity contribution in [1.29, 1.82) is 0 Å². The molecule has 3 heterocycles. The van der Waals surface area contributed by atoms with Gasteiger partial charge in [0.25, 0.3) is 0 Å². The summed E-state index contributed by atoms with van der Waals surface area (Å²) in [5.74, 6) is -2.05. The Balaban J connectivity index is 1.07. The molecule has 5 aliphatic carbocycles. The number of ketones is 2. The van der Waals surface area contributed by atoms with Gasteiger partial charge < -0.3 is 10.2 Å². The van der Waals surface area contributed by atoms with Gasteiger partial charge in [-0.05, 0) is 126 Å². The Kier molecular flexibility index (Phi) is 13.1. The number of likely N-dealkylation sites (tertiary alicyclic amines) is 2. The number of carbonyl (C=O) groups is 5. The number of amides is 3. The lowest BCUT2D eigenvalue weighted by Gasteiger charge is -2.39. The van der Waals surface area contributed by atoms with Gasteiger partial charge in [-0.3, -0.25) is 28.9 Å². The first kappa shape index (κ1) is 45.9. The Morgan fingerprint density at radius 2 is 1.37 bits per heavy atom. The molecule has 7 atom stereocenters. The van der Waals surface area contributed by atoms with Gasteiger partial charge in [0.15, 0.2) is 11.6 Å². The zero-order chi connectivity index (χ0) is 44.2. The first-order valence-corrected chi connectivity index (χ1v) is 26.3. The van der Waals surface area contributed by atoms with Crippen LogP contribution in [0.25, 0.3) is 0 Å². The topological polar surface area (TPSA) is 153 Å². The third kappa shape index (κ3) is 7.95. The van der Waals surface area contributed by atoms with Gasteiger partial charge >= 0.3 is 10.2 Å². The summed E-state index contributed by atoms with van der Waals surface area (Å²) in [6, 6.07) is -1.48. The zero-order valence-corrected chi connectivity index (χ0v) is 39.2. The molecule has 8 aliphatic rings. The number of hydrogen-bond donors (Lipinski definition) is 2. The number of rotatable bonds is 16. The van der Waals surface area contributed by atoms with Crippen molar-refractivity contribution in [3.8, 4) is 0 Å². The van der Waals surface area contributed by atoms with Crippen LogP contribution in [-0.4, -0.2) is 102 Å². The predicted octanol–water partition coefficient (Wildman–Crippen LogP) is 6.88. The standard InChI is InChI=1S/C49H77N5O7S/c1-6-36-29-47(36,45(59)51-62(60,61)52-25-15-16-26-52)31-41(56)39-30-49(46(4,5)48(49)23-17-24-48)32-54(39)44(58)37(34-18-9-7-10-19-34)28-40(55)42(35-20-11-8-12-21-35)50-43(57)38-22-13-14-27-53(38)33(2)3/h6,33-39,42H,1,7-32H2,2-5H3,(H,50,57)(H,51,59)/t36-,37+,38+,39+,42+,47-,49-/m1/s1. The lowest BCUT2D eigenvalue weighted by molar-refractivity contribution is -0.146. The summed E-state index contributed by atoms with van der Waals surface area (Å²) < 4.78 is 30.2. The number of nitrogens with one attached hydrogen (secondary N) is 2. The maximum Gasteiger partial charge on any atom is 0.303 e. The van der Waals surface area contributed by atoms with Crippen LogP contribution in [-0.2, 0) is 34.2 Å². The molecule has 3 aliphatic heterocycles. The van der Waals surface area contributed by atoms with E-state index in [-0.39, 0.29) is 82.3 Å². The second-order valence-corrected chi connectivity index (χ2v) is 23.8. The smallest absolute Gasteiger partial charge is 0.303 e. The van der Waals surface area contributed by atoms with E-state index in [4.69, 9.17) is 0 Å². The number of fused-ring (bicyclic) bond motifs is 1. The normalized spacial score (nSPS) is 33.5. The van der Waals surface area contributed by atoms with Gasteiger partial charge in [0, 0.05) is 49.9 Å². The summed E-state index contributed by atoms with van der Waals surface area (Å²) in [5.41, 5.74) is -1.52. The Morgan fingerprint density at radius 1 is 0.758 bits per heavy atom. The minimum Gasteiger partial charge on any atom is -0.345 e. The highest BCUT2D eigenvalue weighted by Crippen LogP contribution is 2.88. The van der Waals surface area contributed by atoms with Crippen molar-refractivity contribution in [1.82, 2.24) is 24.1 Å². The average molecular weight is 880 g/mol. The quantitative estimate of drug-likeness (QED) is 0.159. The van der Waals surface area contributed by atoms with E-state index in [1.165, 1.54) is 4.31 Å². The Hall–Kier alpha value is -2.64. The van der Waals surface area contributed by atoms with Crippen LogP contribution >= 0.6 is 0 Å². The second kappa shape index (κ2) is 17.6. The van der Waals surface area contributed by atoms with Gasteiger partial charge in [0.1, 0.15) is 0 Å². The molecule has 0 aromatic heterocycles. The molecule has 13 heteroatoms. The number of carbonyl (C=O) groups excluding carboxylic acids is 5. The van der Waals surface area contributed by atoms with Crippen molar-refractivity contribution in [2.24, 2.45) is 45.3 Å². The lowest BCUT2D eigenvalue weighted by Crippen LogP contribution is -2.57. The molecule has 2 spiro atoms. The molecule has 3 saturated heterocycles. The summed E-state index contributed by atoms with van der Waals surface area (Å²) in [4.78, 5) is 78.1. The third-order valence-electron chi connectivity index (χ3n) is 18.7. The van der Waals surface area contributed by atoms with E-state index < -0.39 is 39.5 Å². The minimum absolute atomic E-state index is 0.00338. The number of Topliss-reactive ketones (excluding diaryl/α,β-unsaturated/α-hetero) is 2. The Bertz CT molecular complexity index is 1860. The van der Waals surface area contributed by atoms with Crippen molar-refractivity contribution < 1.29 is 32.4 Å². The Morgan fingerprint density at radius 3 is 1.94 bits per heavy atom. The molecule has 62 heavy (non-hydrogen) atoms. The van der Waals surface area contributed by atoms with Gasteiger partial charge in [-0.15, -0.1) is 6.58 Å². The maximum atomic E-state index is 15.6. The molecule has 5 saturated carbocycles. The molecule has 346 valence electrons. The lowest BCUT2D eigenvalue weighted by atomic mass is 9.73. The van der Waals surface area contributed by atoms with Crippen molar-refractivity contribution in [3.63, 3.8) is 0 Å². The highest BCUT2D eigenvalue weighted by molar-refractivity contribution is 7.87. The van der Waals surface area contributed by atoms with Crippen molar-refractivity contribution in [2.75, 3.05) is 26.2 Å². The van der Waals surface area contributed by atoms with E-state index in [1.54, 1.807) is 6.08 Å². The molecule has 0 aromatic carbocycles. The molecule has 0 radical (unpaired) electrons. The number of allylic oxidation sites excluding steroid dienone is 1. The van der Waals surface area contributed by atoms with E-state index in [2.05, 4.69) is 49.2 Å². The molecule has 2 N–H and O–H groups in total. The molecular weight excluding hydrogens is 803 g/mol. The van der Waals surface area contributed by atoms with Crippen LogP contribution in [0.5, 0.6) is 0 Å². The van der Waals surface area contributed by atoms with Crippen LogP contribution in [0, 0.1) is 45.3 Å². The molecular formula is C49H77N5O7S. The van der Waals surface area contributed by atoms with E-state index in [0.717, 1.165) is 122 Å². The SMILES string of the molecule is C=C[C@@H]1C[C@]1(CC(=O)[C@@H]1C[C@@]2(CN1C(=O)[C@@H](CC(=O)[C@@H](NC(=O)[C@@H]1CCCCN1C(C)C)C1CCCCC1)C1CCCCC1)C(C)(C)C21CCC1)C(=O)NS(=O)(=O)N1CCCC1. The molecule has 0 bridgehead atoms.